The van der Waals surface area contributed by atoms with Gasteiger partial charge in [-0.1, -0.05) is 29.4 Å². The molecular formula is C18H18ClN5O3S. The van der Waals surface area contributed by atoms with Gasteiger partial charge in [-0.3, -0.25) is 9.36 Å². The third kappa shape index (κ3) is 5.69. The summed E-state index contributed by atoms with van der Waals surface area (Å²) in [5, 5.41) is 12.0. The van der Waals surface area contributed by atoms with Crippen molar-refractivity contribution in [2.45, 2.75) is 5.16 Å². The average Bonchev–Trinajstić information content (AvgIpc) is 3.17. The molecule has 0 saturated heterocycles. The number of pyridine rings is 1. The number of halogens is 1. The summed E-state index contributed by atoms with van der Waals surface area (Å²) in [5.74, 6) is 0.463. The number of carbonyl (C=O) groups is 1. The maximum atomic E-state index is 12.2. The van der Waals surface area contributed by atoms with Crippen LogP contribution in [0.5, 0.6) is 5.88 Å². The predicted molar refractivity (Wildman–Crippen MR) is 107 cm³/mol. The molecule has 3 rings (SSSR count). The topological polar surface area (TPSA) is 91.2 Å². The highest BCUT2D eigenvalue weighted by atomic mass is 35.5. The molecule has 0 atom stereocenters. The van der Waals surface area contributed by atoms with Gasteiger partial charge in [0.2, 0.25) is 11.8 Å². The highest BCUT2D eigenvalue weighted by Gasteiger charge is 2.11. The predicted octanol–water partition coefficient (Wildman–Crippen LogP) is 3.07. The van der Waals surface area contributed by atoms with E-state index in [1.807, 2.05) is 12.1 Å². The van der Waals surface area contributed by atoms with Crippen molar-refractivity contribution in [3.05, 3.63) is 53.9 Å². The van der Waals surface area contributed by atoms with E-state index >= 15 is 0 Å². The number of aromatic nitrogens is 4. The van der Waals surface area contributed by atoms with E-state index in [0.29, 0.717) is 35.0 Å². The first kappa shape index (κ1) is 20.1. The summed E-state index contributed by atoms with van der Waals surface area (Å²) in [6, 6.07) is 10.7. The van der Waals surface area contributed by atoms with Gasteiger partial charge in [-0.15, -0.1) is 10.2 Å². The minimum Gasteiger partial charge on any atom is -0.475 e. The van der Waals surface area contributed by atoms with E-state index in [-0.39, 0.29) is 11.7 Å². The normalized spacial score (nSPS) is 10.6. The van der Waals surface area contributed by atoms with Gasteiger partial charge in [-0.25, -0.2) is 4.98 Å². The Labute approximate surface area is 171 Å². The highest BCUT2D eigenvalue weighted by Crippen LogP contribution is 2.22. The Kier molecular flexibility index (Phi) is 7.24. The fourth-order valence-corrected chi connectivity index (χ4v) is 3.14. The molecule has 2 aromatic heterocycles. The molecule has 1 amide bonds. The zero-order chi connectivity index (χ0) is 19.8. The van der Waals surface area contributed by atoms with Crippen LogP contribution in [-0.2, 0) is 9.53 Å². The van der Waals surface area contributed by atoms with E-state index in [0.717, 1.165) is 5.69 Å². The maximum Gasteiger partial charge on any atom is 0.234 e. The molecular weight excluding hydrogens is 402 g/mol. The molecule has 3 aromatic rings. The third-order valence-corrected chi connectivity index (χ3v) is 4.67. The first-order valence-electron chi connectivity index (χ1n) is 8.32. The van der Waals surface area contributed by atoms with Crippen LogP contribution in [0.25, 0.3) is 5.69 Å². The number of nitrogens with one attached hydrogen (secondary N) is 1. The Hall–Kier alpha value is -2.62. The number of hydrogen-bond donors (Lipinski definition) is 1. The SMILES string of the molecule is COCCOc1ccc(NC(=O)CSc2nncn2-c2cccc(Cl)c2)cn1. The lowest BCUT2D eigenvalue weighted by molar-refractivity contribution is -0.113. The quantitative estimate of drug-likeness (QED) is 0.421. The standard InChI is InChI=1S/C18H18ClN5O3S/c1-26-7-8-27-17-6-5-14(10-20-17)22-16(25)11-28-18-23-21-12-24(18)15-4-2-3-13(19)9-15/h2-6,9-10,12H,7-8,11H2,1H3,(H,22,25). The van der Waals surface area contributed by atoms with Crippen LogP contribution < -0.4 is 10.1 Å². The monoisotopic (exact) mass is 419 g/mol. The first-order chi connectivity index (χ1) is 13.7. The van der Waals surface area contributed by atoms with Gasteiger partial charge in [0.15, 0.2) is 5.16 Å². The van der Waals surface area contributed by atoms with E-state index in [1.165, 1.54) is 11.8 Å². The zero-order valence-corrected chi connectivity index (χ0v) is 16.6. The fourth-order valence-electron chi connectivity index (χ4n) is 2.22. The van der Waals surface area contributed by atoms with Gasteiger partial charge in [0.1, 0.15) is 12.9 Å². The summed E-state index contributed by atoms with van der Waals surface area (Å²) in [4.78, 5) is 16.4. The number of amides is 1. The number of rotatable bonds is 9. The summed E-state index contributed by atoms with van der Waals surface area (Å²) in [7, 11) is 1.60. The van der Waals surface area contributed by atoms with Crippen LogP contribution in [0.2, 0.25) is 5.02 Å². The Morgan fingerprint density at radius 3 is 2.93 bits per heavy atom. The molecule has 0 spiro atoms. The molecule has 8 nitrogen and oxygen atoms in total. The molecule has 2 heterocycles. The van der Waals surface area contributed by atoms with E-state index < -0.39 is 0 Å². The molecule has 0 bridgehead atoms. The molecule has 146 valence electrons. The van der Waals surface area contributed by atoms with Crippen LogP contribution in [0.15, 0.2) is 54.1 Å². The second-order valence-electron chi connectivity index (χ2n) is 5.53. The van der Waals surface area contributed by atoms with E-state index in [2.05, 4.69) is 20.5 Å². The number of nitrogens with zero attached hydrogens (tertiary/aromatic N) is 4. The summed E-state index contributed by atoms with van der Waals surface area (Å²) >= 11 is 7.31. The fraction of sp³-hybridized carbons (Fsp3) is 0.222. The minimum atomic E-state index is -0.180. The zero-order valence-electron chi connectivity index (χ0n) is 15.0. The Balaban J connectivity index is 1.53. The number of benzene rings is 1. The molecule has 10 heteroatoms. The van der Waals surface area contributed by atoms with Gasteiger partial charge in [0, 0.05) is 18.2 Å². The largest absolute Gasteiger partial charge is 0.475 e. The molecule has 0 unspecified atom stereocenters. The third-order valence-electron chi connectivity index (χ3n) is 3.49. The number of methoxy groups -OCH3 is 1. The lowest BCUT2D eigenvalue weighted by Gasteiger charge is -2.08. The Bertz CT molecular complexity index is 920. The van der Waals surface area contributed by atoms with Crippen molar-refractivity contribution in [1.29, 1.82) is 0 Å². The second-order valence-corrected chi connectivity index (χ2v) is 6.91. The second kappa shape index (κ2) is 10.1. The van der Waals surface area contributed by atoms with Gasteiger partial charge in [-0.2, -0.15) is 0 Å². The molecule has 0 aliphatic rings. The smallest absolute Gasteiger partial charge is 0.234 e. The van der Waals surface area contributed by atoms with Crippen molar-refractivity contribution in [1.82, 2.24) is 19.7 Å². The highest BCUT2D eigenvalue weighted by molar-refractivity contribution is 7.99. The van der Waals surface area contributed by atoms with Crippen LogP contribution in [0.4, 0.5) is 5.69 Å². The summed E-state index contributed by atoms with van der Waals surface area (Å²) in [6.07, 6.45) is 3.12. The number of carbonyl (C=O) groups excluding carboxylic acids is 1. The average molecular weight is 420 g/mol. The van der Waals surface area contributed by atoms with E-state index in [9.17, 15) is 4.79 Å². The molecule has 0 radical (unpaired) electrons. The molecule has 28 heavy (non-hydrogen) atoms. The minimum absolute atomic E-state index is 0.172. The van der Waals surface area contributed by atoms with Gasteiger partial charge in [0.25, 0.3) is 0 Å². The number of anilines is 1. The van der Waals surface area contributed by atoms with Gasteiger partial charge in [-0.05, 0) is 24.3 Å². The van der Waals surface area contributed by atoms with Crippen molar-refractivity contribution < 1.29 is 14.3 Å². The summed E-state index contributed by atoms with van der Waals surface area (Å²) in [6.45, 7) is 0.899. The van der Waals surface area contributed by atoms with E-state index in [1.54, 1.807) is 48.5 Å². The Morgan fingerprint density at radius 1 is 1.29 bits per heavy atom. The molecule has 0 aliphatic carbocycles. The molecule has 0 saturated carbocycles. The lowest BCUT2D eigenvalue weighted by atomic mass is 10.3. The van der Waals surface area contributed by atoms with Gasteiger partial charge in [0.05, 0.1) is 29.9 Å². The number of hydrogen-bond acceptors (Lipinski definition) is 7. The number of ether oxygens (including phenoxy) is 2. The molecule has 0 fully saturated rings. The molecule has 0 aliphatic heterocycles. The molecule has 1 aromatic carbocycles. The van der Waals surface area contributed by atoms with Crippen molar-refractivity contribution in [3.8, 4) is 11.6 Å². The van der Waals surface area contributed by atoms with Crippen molar-refractivity contribution >= 4 is 35.0 Å². The van der Waals surface area contributed by atoms with Crippen molar-refractivity contribution in [2.75, 3.05) is 31.4 Å². The first-order valence-corrected chi connectivity index (χ1v) is 9.68. The Morgan fingerprint density at radius 2 is 2.18 bits per heavy atom. The van der Waals surface area contributed by atoms with Crippen LogP contribution in [0, 0.1) is 0 Å². The number of thioether (sulfide) groups is 1. The van der Waals surface area contributed by atoms with Gasteiger partial charge < -0.3 is 14.8 Å². The van der Waals surface area contributed by atoms with Crippen LogP contribution in [0.1, 0.15) is 0 Å². The maximum absolute atomic E-state index is 12.2. The van der Waals surface area contributed by atoms with Gasteiger partial charge >= 0.3 is 0 Å². The lowest BCUT2D eigenvalue weighted by Crippen LogP contribution is -2.14. The summed E-state index contributed by atoms with van der Waals surface area (Å²) in [5.41, 5.74) is 1.41. The van der Waals surface area contributed by atoms with Crippen LogP contribution in [-0.4, -0.2) is 51.7 Å². The summed E-state index contributed by atoms with van der Waals surface area (Å²) < 4.78 is 12.1. The van der Waals surface area contributed by atoms with Crippen LogP contribution in [0.3, 0.4) is 0 Å². The van der Waals surface area contributed by atoms with Crippen molar-refractivity contribution in [3.63, 3.8) is 0 Å². The van der Waals surface area contributed by atoms with Crippen molar-refractivity contribution in [2.24, 2.45) is 0 Å². The molecule has 1 N–H and O–H groups in total. The van der Waals surface area contributed by atoms with E-state index in [4.69, 9.17) is 21.1 Å². The van der Waals surface area contributed by atoms with Crippen LogP contribution >= 0.6 is 23.4 Å².